The second kappa shape index (κ2) is 7.25. The molecule has 11 heteroatoms. The van der Waals surface area contributed by atoms with Crippen molar-refractivity contribution in [3.8, 4) is 5.88 Å². The summed E-state index contributed by atoms with van der Waals surface area (Å²) in [6.07, 6.45) is 0.268. The van der Waals surface area contributed by atoms with Gasteiger partial charge in [0, 0.05) is 13.0 Å². The first kappa shape index (κ1) is 18.7. The standard InChI is InChI=1S/C16H21N5O6/c1-16(2,3)27-14(23)17-5-4-9-7-21(15(24)26-9)10-6-18-13-12(19-10)20-11(22)8-25-13/h6,9H,4-5,7-8H2,1-3H3,(H,17,23)(H,19,20,22)/t9-/m1/s1. The molecule has 0 bridgehead atoms. The Hall–Kier alpha value is -3.11. The van der Waals surface area contributed by atoms with E-state index in [1.54, 1.807) is 20.8 Å². The number of ether oxygens (including phenoxy) is 3. The van der Waals surface area contributed by atoms with Gasteiger partial charge in [0.05, 0.1) is 12.7 Å². The highest BCUT2D eigenvalue weighted by Gasteiger charge is 2.34. The van der Waals surface area contributed by atoms with Crippen LogP contribution in [0.4, 0.5) is 21.2 Å². The van der Waals surface area contributed by atoms with Gasteiger partial charge in [-0.2, -0.15) is 0 Å². The summed E-state index contributed by atoms with van der Waals surface area (Å²) in [5.41, 5.74) is -0.578. The average Bonchev–Trinajstić information content (AvgIpc) is 2.93. The largest absolute Gasteiger partial charge is 0.465 e. The molecule has 0 spiro atoms. The first-order valence-corrected chi connectivity index (χ1v) is 8.46. The number of amides is 3. The van der Waals surface area contributed by atoms with Crippen molar-refractivity contribution < 1.29 is 28.6 Å². The zero-order chi connectivity index (χ0) is 19.6. The summed E-state index contributed by atoms with van der Waals surface area (Å²) in [7, 11) is 0. The predicted molar refractivity (Wildman–Crippen MR) is 92.6 cm³/mol. The molecule has 2 aliphatic heterocycles. The number of carbonyl (C=O) groups excluding carboxylic acids is 3. The van der Waals surface area contributed by atoms with Crippen LogP contribution in [0.25, 0.3) is 0 Å². The molecule has 27 heavy (non-hydrogen) atoms. The van der Waals surface area contributed by atoms with E-state index in [9.17, 15) is 14.4 Å². The Morgan fingerprint density at radius 1 is 1.44 bits per heavy atom. The zero-order valence-corrected chi connectivity index (χ0v) is 15.3. The van der Waals surface area contributed by atoms with E-state index in [0.29, 0.717) is 13.0 Å². The van der Waals surface area contributed by atoms with Crippen molar-refractivity contribution in [2.75, 3.05) is 29.9 Å². The topological polar surface area (TPSA) is 132 Å². The van der Waals surface area contributed by atoms with Crippen LogP contribution in [0.15, 0.2) is 6.20 Å². The van der Waals surface area contributed by atoms with Gasteiger partial charge in [-0.15, -0.1) is 0 Å². The number of rotatable bonds is 4. The van der Waals surface area contributed by atoms with Crippen LogP contribution in [0.5, 0.6) is 5.88 Å². The van der Waals surface area contributed by atoms with Gasteiger partial charge in [-0.3, -0.25) is 9.69 Å². The fourth-order valence-corrected chi connectivity index (χ4v) is 2.50. The van der Waals surface area contributed by atoms with Crippen molar-refractivity contribution >= 4 is 29.7 Å². The smallest absolute Gasteiger partial charge is 0.415 e. The van der Waals surface area contributed by atoms with Crippen molar-refractivity contribution in [1.82, 2.24) is 15.3 Å². The minimum atomic E-state index is -0.578. The van der Waals surface area contributed by atoms with Crippen molar-refractivity contribution in [2.45, 2.75) is 38.9 Å². The third-order valence-corrected chi connectivity index (χ3v) is 3.61. The molecule has 1 atom stereocenters. The van der Waals surface area contributed by atoms with Crippen LogP contribution < -0.4 is 20.3 Å². The SMILES string of the molecule is CC(C)(C)OC(=O)NCC[C@@H]1CN(c2cnc3c(n2)NC(=O)CO3)C(=O)O1. The van der Waals surface area contributed by atoms with Crippen LogP contribution >= 0.6 is 0 Å². The molecule has 0 aliphatic carbocycles. The van der Waals surface area contributed by atoms with Crippen molar-refractivity contribution in [3.05, 3.63) is 6.20 Å². The fraction of sp³-hybridized carbons (Fsp3) is 0.562. The Morgan fingerprint density at radius 3 is 2.96 bits per heavy atom. The van der Waals surface area contributed by atoms with Crippen molar-refractivity contribution in [2.24, 2.45) is 0 Å². The lowest BCUT2D eigenvalue weighted by Crippen LogP contribution is -2.34. The predicted octanol–water partition coefficient (Wildman–Crippen LogP) is 1.05. The number of nitrogens with zero attached hydrogens (tertiary/aromatic N) is 3. The fourth-order valence-electron chi connectivity index (χ4n) is 2.50. The number of nitrogens with one attached hydrogen (secondary N) is 2. The summed E-state index contributed by atoms with van der Waals surface area (Å²) in [5, 5.41) is 5.16. The lowest BCUT2D eigenvalue weighted by atomic mass is 10.2. The lowest BCUT2D eigenvalue weighted by Gasteiger charge is -2.20. The molecule has 1 fully saturated rings. The van der Waals surface area contributed by atoms with E-state index in [1.807, 2.05) is 0 Å². The Bertz CT molecular complexity index is 762. The maximum absolute atomic E-state index is 12.1. The molecule has 0 radical (unpaired) electrons. The van der Waals surface area contributed by atoms with Gasteiger partial charge >= 0.3 is 12.2 Å². The molecule has 11 nitrogen and oxygen atoms in total. The highest BCUT2D eigenvalue weighted by atomic mass is 16.6. The molecule has 2 N–H and O–H groups in total. The molecule has 1 aromatic rings. The quantitative estimate of drug-likeness (QED) is 0.793. The maximum atomic E-state index is 12.1. The van der Waals surface area contributed by atoms with Gasteiger partial charge < -0.3 is 24.8 Å². The Kier molecular flexibility index (Phi) is 5.02. The molecule has 0 aromatic carbocycles. The number of hydrogen-bond donors (Lipinski definition) is 2. The Balaban J connectivity index is 1.54. The summed E-state index contributed by atoms with van der Waals surface area (Å²) in [5.74, 6) is 0.256. The van der Waals surface area contributed by atoms with Crippen molar-refractivity contribution in [1.29, 1.82) is 0 Å². The molecule has 1 aromatic heterocycles. The normalized spacial score (nSPS) is 18.9. The van der Waals surface area contributed by atoms with E-state index >= 15 is 0 Å². The molecule has 2 aliphatic rings. The molecular formula is C16H21N5O6. The molecule has 1 saturated heterocycles. The number of cyclic esters (lactones) is 1. The van der Waals surface area contributed by atoms with E-state index < -0.39 is 23.9 Å². The number of fused-ring (bicyclic) bond motifs is 1. The highest BCUT2D eigenvalue weighted by Crippen LogP contribution is 2.27. The van der Waals surface area contributed by atoms with E-state index in [4.69, 9.17) is 14.2 Å². The highest BCUT2D eigenvalue weighted by molar-refractivity contribution is 5.94. The number of hydrogen-bond acceptors (Lipinski definition) is 8. The van der Waals surface area contributed by atoms with Gasteiger partial charge in [0.1, 0.15) is 11.7 Å². The summed E-state index contributed by atoms with van der Waals surface area (Å²) < 4.78 is 15.6. The summed E-state index contributed by atoms with van der Waals surface area (Å²) >= 11 is 0. The zero-order valence-electron chi connectivity index (χ0n) is 15.3. The summed E-state index contributed by atoms with van der Waals surface area (Å²) in [4.78, 5) is 44.7. The van der Waals surface area contributed by atoms with Crippen LogP contribution in [0.1, 0.15) is 27.2 Å². The first-order valence-electron chi connectivity index (χ1n) is 8.46. The molecule has 0 saturated carbocycles. The van der Waals surface area contributed by atoms with Crippen LogP contribution in [0, 0.1) is 0 Å². The second-order valence-corrected chi connectivity index (χ2v) is 7.05. The van der Waals surface area contributed by atoms with E-state index in [2.05, 4.69) is 20.6 Å². The van der Waals surface area contributed by atoms with E-state index in [-0.39, 0.29) is 36.6 Å². The maximum Gasteiger partial charge on any atom is 0.415 e. The average molecular weight is 379 g/mol. The van der Waals surface area contributed by atoms with Crippen molar-refractivity contribution in [3.63, 3.8) is 0 Å². The Labute approximate surface area is 155 Å². The first-order chi connectivity index (χ1) is 12.7. The third-order valence-electron chi connectivity index (χ3n) is 3.61. The van der Waals surface area contributed by atoms with E-state index in [0.717, 1.165) is 0 Å². The number of carbonyl (C=O) groups is 3. The molecule has 3 amide bonds. The van der Waals surface area contributed by atoms with Crippen LogP contribution in [-0.2, 0) is 14.3 Å². The van der Waals surface area contributed by atoms with Crippen LogP contribution in [0.3, 0.4) is 0 Å². The molecule has 3 heterocycles. The van der Waals surface area contributed by atoms with Gasteiger partial charge in [-0.25, -0.2) is 19.6 Å². The number of alkyl carbamates (subject to hydrolysis) is 1. The number of aromatic nitrogens is 2. The van der Waals surface area contributed by atoms with E-state index in [1.165, 1.54) is 11.1 Å². The lowest BCUT2D eigenvalue weighted by molar-refractivity contribution is -0.118. The molecule has 146 valence electrons. The van der Waals surface area contributed by atoms with Gasteiger partial charge in [0.25, 0.3) is 11.8 Å². The summed E-state index contributed by atoms with van der Waals surface area (Å²) in [6.45, 7) is 5.74. The molecule has 0 unspecified atom stereocenters. The monoisotopic (exact) mass is 379 g/mol. The Morgan fingerprint density at radius 2 is 2.22 bits per heavy atom. The van der Waals surface area contributed by atoms with Gasteiger partial charge in [0.2, 0.25) is 0 Å². The molecular weight excluding hydrogens is 358 g/mol. The van der Waals surface area contributed by atoms with Crippen LogP contribution in [0.2, 0.25) is 0 Å². The van der Waals surface area contributed by atoms with Gasteiger partial charge in [-0.1, -0.05) is 0 Å². The third kappa shape index (κ3) is 4.74. The summed E-state index contributed by atoms with van der Waals surface area (Å²) in [6, 6.07) is 0. The van der Waals surface area contributed by atoms with Gasteiger partial charge in [0.15, 0.2) is 18.2 Å². The van der Waals surface area contributed by atoms with Gasteiger partial charge in [-0.05, 0) is 20.8 Å². The molecule has 3 rings (SSSR count). The number of anilines is 2. The van der Waals surface area contributed by atoms with Crippen LogP contribution in [-0.4, -0.2) is 59.5 Å². The minimum Gasteiger partial charge on any atom is -0.465 e. The minimum absolute atomic E-state index is 0.125. The second-order valence-electron chi connectivity index (χ2n) is 7.05.